The Hall–Kier alpha value is -2.47. The maximum atomic E-state index is 12.7. The lowest BCUT2D eigenvalue weighted by molar-refractivity contribution is 0.0958. The van der Waals surface area contributed by atoms with E-state index in [0.29, 0.717) is 29.6 Å². The Balaban J connectivity index is 2.05. The first kappa shape index (κ1) is 15.4. The topological polar surface area (TPSA) is 67.2 Å². The van der Waals surface area contributed by atoms with E-state index in [1.807, 2.05) is 7.05 Å². The summed E-state index contributed by atoms with van der Waals surface area (Å²) in [5.41, 5.74) is 1.05. The van der Waals surface area contributed by atoms with Crippen LogP contribution in [0.15, 0.2) is 35.6 Å². The largest absolute Gasteiger partial charge is 0.349 e. The summed E-state index contributed by atoms with van der Waals surface area (Å²) < 4.78 is 1.75. The summed E-state index contributed by atoms with van der Waals surface area (Å²) in [6.07, 6.45) is 2.36. The number of rotatable bonds is 3. The van der Waals surface area contributed by atoms with Crippen LogP contribution >= 0.6 is 0 Å². The fraction of sp³-hybridized carbons (Fsp3) is 0.353. The van der Waals surface area contributed by atoms with Gasteiger partial charge in [0.15, 0.2) is 0 Å². The molecule has 1 aromatic heterocycles. The van der Waals surface area contributed by atoms with Gasteiger partial charge in [-0.15, -0.1) is 6.58 Å². The summed E-state index contributed by atoms with van der Waals surface area (Å²) >= 11 is 0. The zero-order valence-electron chi connectivity index (χ0n) is 13.2. The lowest BCUT2D eigenvalue weighted by atomic mass is 10.1. The zero-order valence-corrected chi connectivity index (χ0v) is 13.2. The van der Waals surface area contributed by atoms with E-state index < -0.39 is 0 Å². The highest BCUT2D eigenvalue weighted by atomic mass is 16.1. The van der Waals surface area contributed by atoms with Crippen LogP contribution in [0.1, 0.15) is 16.2 Å². The van der Waals surface area contributed by atoms with Gasteiger partial charge in [0.2, 0.25) is 0 Å². The maximum Gasteiger partial charge on any atom is 0.261 e. The SMILES string of the molecule is C=CCNC(=O)c1ccc2c(=O)n3c(nc2c1)CCN(C)CC3. The predicted molar refractivity (Wildman–Crippen MR) is 89.7 cm³/mol. The summed E-state index contributed by atoms with van der Waals surface area (Å²) in [4.78, 5) is 31.5. The molecule has 1 aromatic carbocycles. The molecule has 2 heterocycles. The molecule has 1 N–H and O–H groups in total. The summed E-state index contributed by atoms with van der Waals surface area (Å²) in [5, 5.41) is 3.29. The number of hydrogen-bond donors (Lipinski definition) is 1. The predicted octanol–water partition coefficient (Wildman–Crippen LogP) is 0.800. The van der Waals surface area contributed by atoms with Gasteiger partial charge in [0.05, 0.1) is 10.9 Å². The Morgan fingerprint density at radius 1 is 1.39 bits per heavy atom. The molecule has 0 atom stereocenters. The molecule has 120 valence electrons. The van der Waals surface area contributed by atoms with Crippen LogP contribution in [0.3, 0.4) is 0 Å². The number of benzene rings is 1. The molecule has 1 amide bonds. The van der Waals surface area contributed by atoms with Gasteiger partial charge in [-0.3, -0.25) is 14.2 Å². The monoisotopic (exact) mass is 312 g/mol. The van der Waals surface area contributed by atoms with E-state index in [1.54, 1.807) is 28.8 Å². The zero-order chi connectivity index (χ0) is 16.4. The van der Waals surface area contributed by atoms with Crippen molar-refractivity contribution in [3.8, 4) is 0 Å². The van der Waals surface area contributed by atoms with Crippen LogP contribution in [0, 0.1) is 0 Å². The number of likely N-dealkylation sites (N-methyl/N-ethyl adjacent to an activating group) is 1. The van der Waals surface area contributed by atoms with Crippen molar-refractivity contribution >= 4 is 16.8 Å². The van der Waals surface area contributed by atoms with E-state index in [-0.39, 0.29) is 11.5 Å². The van der Waals surface area contributed by atoms with Gasteiger partial charge in [0.1, 0.15) is 5.82 Å². The van der Waals surface area contributed by atoms with Crippen LogP contribution in [0.4, 0.5) is 0 Å². The van der Waals surface area contributed by atoms with E-state index in [4.69, 9.17) is 0 Å². The van der Waals surface area contributed by atoms with Gasteiger partial charge in [-0.05, 0) is 25.2 Å². The van der Waals surface area contributed by atoms with Crippen molar-refractivity contribution in [1.82, 2.24) is 19.8 Å². The molecule has 0 bridgehead atoms. The normalized spacial score (nSPS) is 15.0. The Kier molecular flexibility index (Phi) is 4.25. The molecular weight excluding hydrogens is 292 g/mol. The van der Waals surface area contributed by atoms with Crippen LogP contribution < -0.4 is 10.9 Å². The van der Waals surface area contributed by atoms with Crippen molar-refractivity contribution in [3.63, 3.8) is 0 Å². The van der Waals surface area contributed by atoms with Gasteiger partial charge in [-0.1, -0.05) is 6.08 Å². The van der Waals surface area contributed by atoms with Gasteiger partial charge in [-0.2, -0.15) is 0 Å². The van der Waals surface area contributed by atoms with Crippen molar-refractivity contribution < 1.29 is 4.79 Å². The van der Waals surface area contributed by atoms with E-state index in [0.717, 1.165) is 25.3 Å². The molecular formula is C17H20N4O2. The quantitative estimate of drug-likeness (QED) is 0.851. The number of carbonyl (C=O) groups excluding carboxylic acids is 1. The fourth-order valence-electron chi connectivity index (χ4n) is 2.77. The number of fused-ring (bicyclic) bond motifs is 2. The summed E-state index contributed by atoms with van der Waals surface area (Å²) in [7, 11) is 2.04. The molecule has 0 saturated carbocycles. The van der Waals surface area contributed by atoms with Crippen molar-refractivity contribution in [3.05, 3.63) is 52.6 Å². The lowest BCUT2D eigenvalue weighted by Gasteiger charge is -2.11. The van der Waals surface area contributed by atoms with Crippen LogP contribution in [0.25, 0.3) is 10.9 Å². The minimum Gasteiger partial charge on any atom is -0.349 e. The molecule has 3 rings (SSSR count). The Bertz CT molecular complexity index is 825. The molecule has 0 spiro atoms. The number of aromatic nitrogens is 2. The van der Waals surface area contributed by atoms with Crippen LogP contribution in [-0.4, -0.2) is 47.0 Å². The third-order valence-electron chi connectivity index (χ3n) is 4.13. The third kappa shape index (κ3) is 3.03. The van der Waals surface area contributed by atoms with Gasteiger partial charge >= 0.3 is 0 Å². The second-order valence-electron chi connectivity index (χ2n) is 5.77. The van der Waals surface area contributed by atoms with Gasteiger partial charge < -0.3 is 10.2 Å². The third-order valence-corrected chi connectivity index (χ3v) is 4.13. The second kappa shape index (κ2) is 6.34. The number of amides is 1. The standard InChI is InChI=1S/C17H20N4O2/c1-3-7-18-16(22)12-4-5-13-14(11-12)19-15-6-8-20(2)9-10-21(15)17(13)23/h3-5,11H,1,6-10H2,2H3,(H,18,22). The summed E-state index contributed by atoms with van der Waals surface area (Å²) in [6.45, 7) is 6.34. The molecule has 23 heavy (non-hydrogen) atoms. The number of hydrogen-bond acceptors (Lipinski definition) is 4. The van der Waals surface area contributed by atoms with Crippen molar-refractivity contribution in [2.24, 2.45) is 0 Å². The highest BCUT2D eigenvalue weighted by Crippen LogP contribution is 2.13. The number of nitrogens with one attached hydrogen (secondary N) is 1. The molecule has 0 radical (unpaired) electrons. The van der Waals surface area contributed by atoms with Gasteiger partial charge in [0, 0.05) is 38.2 Å². The molecule has 0 saturated heterocycles. The van der Waals surface area contributed by atoms with Crippen LogP contribution in [0.2, 0.25) is 0 Å². The molecule has 6 nitrogen and oxygen atoms in total. The second-order valence-corrected chi connectivity index (χ2v) is 5.77. The Labute approximate surface area is 134 Å². The molecule has 0 aliphatic carbocycles. The van der Waals surface area contributed by atoms with Crippen molar-refractivity contribution in [2.45, 2.75) is 13.0 Å². The average Bonchev–Trinajstić information content (AvgIpc) is 2.74. The average molecular weight is 312 g/mol. The number of carbonyl (C=O) groups is 1. The first-order valence-electron chi connectivity index (χ1n) is 7.71. The van der Waals surface area contributed by atoms with E-state index >= 15 is 0 Å². The summed E-state index contributed by atoms with van der Waals surface area (Å²) in [6, 6.07) is 5.04. The molecule has 2 aromatic rings. The molecule has 1 aliphatic rings. The van der Waals surface area contributed by atoms with Gasteiger partial charge in [0.25, 0.3) is 11.5 Å². The summed E-state index contributed by atoms with van der Waals surface area (Å²) in [5.74, 6) is 0.596. The maximum absolute atomic E-state index is 12.7. The number of nitrogens with zero attached hydrogens (tertiary/aromatic N) is 3. The van der Waals surface area contributed by atoms with Crippen LogP contribution in [0.5, 0.6) is 0 Å². The fourth-order valence-corrected chi connectivity index (χ4v) is 2.77. The minimum atomic E-state index is -0.191. The highest BCUT2D eigenvalue weighted by Gasteiger charge is 2.16. The van der Waals surface area contributed by atoms with E-state index in [9.17, 15) is 9.59 Å². The lowest BCUT2D eigenvalue weighted by Crippen LogP contribution is -2.27. The molecule has 0 unspecified atom stereocenters. The molecule has 6 heteroatoms. The highest BCUT2D eigenvalue weighted by molar-refractivity contribution is 5.97. The van der Waals surface area contributed by atoms with Crippen LogP contribution in [-0.2, 0) is 13.0 Å². The van der Waals surface area contributed by atoms with Crippen molar-refractivity contribution in [1.29, 1.82) is 0 Å². The molecule has 1 aliphatic heterocycles. The van der Waals surface area contributed by atoms with E-state index in [2.05, 4.69) is 21.8 Å². The minimum absolute atomic E-state index is 0.0293. The van der Waals surface area contributed by atoms with E-state index in [1.165, 1.54) is 0 Å². The Morgan fingerprint density at radius 3 is 3.00 bits per heavy atom. The van der Waals surface area contributed by atoms with Crippen molar-refractivity contribution in [2.75, 3.05) is 26.7 Å². The first-order chi connectivity index (χ1) is 11.1. The Morgan fingerprint density at radius 2 is 2.22 bits per heavy atom. The smallest absolute Gasteiger partial charge is 0.261 e. The first-order valence-corrected chi connectivity index (χ1v) is 7.71. The molecule has 0 fully saturated rings. The van der Waals surface area contributed by atoms with Gasteiger partial charge in [-0.25, -0.2) is 4.98 Å².